The van der Waals surface area contributed by atoms with Crippen molar-refractivity contribution < 1.29 is 5.11 Å². The summed E-state index contributed by atoms with van der Waals surface area (Å²) in [5.41, 5.74) is -0.276. The Morgan fingerprint density at radius 3 is 2.96 bits per heavy atom. The summed E-state index contributed by atoms with van der Waals surface area (Å²) in [5.74, 6) is -0.0549. The number of aromatic nitrogens is 5. The molecule has 8 heteroatoms. The summed E-state index contributed by atoms with van der Waals surface area (Å²) >= 11 is 0. The van der Waals surface area contributed by atoms with Crippen LogP contribution in [0.5, 0.6) is 0 Å². The van der Waals surface area contributed by atoms with Crippen LogP contribution in [0.1, 0.15) is 32.1 Å². The molecule has 0 radical (unpaired) electrons. The third-order valence-corrected chi connectivity index (χ3v) is 5.10. The van der Waals surface area contributed by atoms with Crippen LogP contribution in [0.15, 0.2) is 29.6 Å². The average molecular weight is 338 g/mol. The van der Waals surface area contributed by atoms with Crippen molar-refractivity contribution in [3.63, 3.8) is 0 Å². The molecule has 0 amide bonds. The summed E-state index contributed by atoms with van der Waals surface area (Å²) in [5, 5.41) is 23.8. The largest absolute Gasteiger partial charge is 0.368 e. The van der Waals surface area contributed by atoms with Gasteiger partial charge in [0.1, 0.15) is 12.0 Å². The van der Waals surface area contributed by atoms with Crippen LogP contribution in [0.3, 0.4) is 0 Å². The summed E-state index contributed by atoms with van der Waals surface area (Å²) in [6, 6.07) is 3.86. The minimum absolute atomic E-state index is 0.0549. The summed E-state index contributed by atoms with van der Waals surface area (Å²) in [6.45, 7) is 0. The lowest BCUT2D eigenvalue weighted by Crippen LogP contribution is -2.41. The molecule has 1 aliphatic rings. The highest BCUT2D eigenvalue weighted by Crippen LogP contribution is 2.39. The molecule has 3 N–H and O–H groups in total. The monoisotopic (exact) mass is 338 g/mol. The maximum absolute atomic E-state index is 12.5. The minimum Gasteiger partial charge on any atom is -0.368 e. The van der Waals surface area contributed by atoms with Gasteiger partial charge in [0.25, 0.3) is 5.56 Å². The first kappa shape index (κ1) is 15.6. The normalized spacial score (nSPS) is 17.6. The molecular formula is C17H18N6O2. The summed E-state index contributed by atoms with van der Waals surface area (Å²) in [6.07, 6.45) is 8.33. The van der Waals surface area contributed by atoms with Crippen LogP contribution in [0, 0.1) is 17.2 Å². The van der Waals surface area contributed by atoms with Gasteiger partial charge in [-0.3, -0.25) is 14.6 Å². The van der Waals surface area contributed by atoms with Gasteiger partial charge in [0.05, 0.1) is 23.7 Å². The number of fused-ring (bicyclic) bond motifs is 1. The SMILES string of the molecule is N#CCC(O)(C1CCCC1)n1cc(-c2ncnc3[nH]ccc23)c(=O)[nH]1. The summed E-state index contributed by atoms with van der Waals surface area (Å²) in [4.78, 5) is 23.9. The Kier molecular flexibility index (Phi) is 3.66. The fourth-order valence-corrected chi connectivity index (χ4v) is 3.78. The average Bonchev–Trinajstić information content (AvgIpc) is 3.35. The van der Waals surface area contributed by atoms with Crippen molar-refractivity contribution >= 4 is 11.0 Å². The Bertz CT molecular complexity index is 1000. The van der Waals surface area contributed by atoms with Crippen molar-refractivity contribution in [2.24, 2.45) is 5.92 Å². The molecule has 128 valence electrons. The first-order valence-corrected chi connectivity index (χ1v) is 8.33. The molecule has 0 aliphatic heterocycles. The summed E-state index contributed by atoms with van der Waals surface area (Å²) < 4.78 is 1.39. The molecule has 0 aromatic carbocycles. The topological polar surface area (TPSA) is 123 Å². The van der Waals surface area contributed by atoms with Crippen molar-refractivity contribution in [1.82, 2.24) is 24.7 Å². The van der Waals surface area contributed by atoms with Gasteiger partial charge < -0.3 is 10.1 Å². The molecule has 0 bridgehead atoms. The van der Waals surface area contributed by atoms with Gasteiger partial charge in [-0.25, -0.2) is 9.97 Å². The lowest BCUT2D eigenvalue weighted by atomic mass is 9.91. The Labute approximate surface area is 143 Å². The van der Waals surface area contributed by atoms with Crippen LogP contribution in [0.4, 0.5) is 0 Å². The third-order valence-electron chi connectivity index (χ3n) is 5.10. The Balaban J connectivity index is 1.83. The zero-order valence-electron chi connectivity index (χ0n) is 13.6. The van der Waals surface area contributed by atoms with Crippen molar-refractivity contribution in [3.8, 4) is 17.3 Å². The van der Waals surface area contributed by atoms with Crippen LogP contribution in [0.25, 0.3) is 22.3 Å². The number of hydrogen-bond acceptors (Lipinski definition) is 5. The van der Waals surface area contributed by atoms with Crippen molar-refractivity contribution in [1.29, 1.82) is 5.26 Å². The fraction of sp³-hybridized carbons (Fsp3) is 0.412. The molecule has 0 saturated heterocycles. The van der Waals surface area contributed by atoms with E-state index >= 15 is 0 Å². The molecule has 1 unspecified atom stereocenters. The van der Waals surface area contributed by atoms with Crippen molar-refractivity contribution in [3.05, 3.63) is 35.1 Å². The first-order valence-electron chi connectivity index (χ1n) is 8.33. The van der Waals surface area contributed by atoms with E-state index in [1.54, 1.807) is 18.5 Å². The van der Waals surface area contributed by atoms with Gasteiger partial charge in [-0.1, -0.05) is 12.8 Å². The highest BCUT2D eigenvalue weighted by Gasteiger charge is 2.41. The highest BCUT2D eigenvalue weighted by atomic mass is 16.3. The molecular weight excluding hydrogens is 320 g/mol. The van der Waals surface area contributed by atoms with Crippen LogP contribution in [0.2, 0.25) is 0 Å². The highest BCUT2D eigenvalue weighted by molar-refractivity contribution is 5.89. The molecule has 1 saturated carbocycles. The van der Waals surface area contributed by atoms with Crippen molar-refractivity contribution in [2.45, 2.75) is 37.8 Å². The van der Waals surface area contributed by atoms with Crippen LogP contribution in [-0.4, -0.2) is 29.8 Å². The molecule has 8 nitrogen and oxygen atoms in total. The van der Waals surface area contributed by atoms with Gasteiger partial charge in [0.15, 0.2) is 5.72 Å². The number of hydrogen-bond donors (Lipinski definition) is 3. The van der Waals surface area contributed by atoms with Gasteiger partial charge in [0.2, 0.25) is 0 Å². The second-order valence-electron chi connectivity index (χ2n) is 6.51. The standard InChI is InChI=1S/C17H18N6O2/c18-7-6-17(25,11-3-1-2-4-11)23-9-13(16(24)22-23)14-12-5-8-19-15(12)21-10-20-14/h5,8-11,25H,1-4,6H2,(H,22,24)(H,19,20,21). The van der Waals surface area contributed by atoms with E-state index in [1.165, 1.54) is 11.0 Å². The molecule has 1 aliphatic carbocycles. The van der Waals surface area contributed by atoms with Gasteiger partial charge >= 0.3 is 0 Å². The van der Waals surface area contributed by atoms with Crippen LogP contribution >= 0.6 is 0 Å². The second-order valence-corrected chi connectivity index (χ2v) is 6.51. The molecule has 1 atom stereocenters. The molecule has 1 fully saturated rings. The molecule has 0 spiro atoms. The minimum atomic E-state index is -1.41. The maximum Gasteiger partial charge on any atom is 0.273 e. The van der Waals surface area contributed by atoms with Crippen LogP contribution < -0.4 is 5.56 Å². The van der Waals surface area contributed by atoms with E-state index in [4.69, 9.17) is 0 Å². The first-order chi connectivity index (χ1) is 12.1. The number of aliphatic hydroxyl groups is 1. The number of rotatable bonds is 4. The number of aromatic amines is 2. The van der Waals surface area contributed by atoms with Gasteiger partial charge in [-0.15, -0.1) is 0 Å². The third kappa shape index (κ3) is 2.44. The van der Waals surface area contributed by atoms with E-state index in [0.29, 0.717) is 16.9 Å². The Hall–Kier alpha value is -2.92. The van der Waals surface area contributed by atoms with Gasteiger partial charge in [-0.05, 0) is 18.9 Å². The lowest BCUT2D eigenvalue weighted by molar-refractivity contribution is -0.0961. The number of nitrogens with one attached hydrogen (secondary N) is 2. The van der Waals surface area contributed by atoms with E-state index < -0.39 is 5.72 Å². The zero-order chi connectivity index (χ0) is 17.4. The van der Waals surface area contributed by atoms with Gasteiger partial charge in [-0.2, -0.15) is 5.26 Å². The maximum atomic E-state index is 12.5. The molecule has 3 aromatic heterocycles. The molecule has 4 rings (SSSR count). The molecule has 3 aromatic rings. The Morgan fingerprint density at radius 2 is 2.20 bits per heavy atom. The fourth-order valence-electron chi connectivity index (χ4n) is 3.78. The molecule has 3 heterocycles. The van der Waals surface area contributed by atoms with Crippen molar-refractivity contribution in [2.75, 3.05) is 0 Å². The van der Waals surface area contributed by atoms with E-state index in [2.05, 4.69) is 26.1 Å². The van der Waals surface area contributed by atoms with Crippen LogP contribution in [-0.2, 0) is 5.72 Å². The van der Waals surface area contributed by atoms with E-state index in [-0.39, 0.29) is 17.9 Å². The predicted molar refractivity (Wildman–Crippen MR) is 90.3 cm³/mol. The number of H-pyrrole nitrogens is 2. The Morgan fingerprint density at radius 1 is 1.40 bits per heavy atom. The zero-order valence-corrected chi connectivity index (χ0v) is 13.6. The predicted octanol–water partition coefficient (Wildman–Crippen LogP) is 1.86. The quantitative estimate of drug-likeness (QED) is 0.670. The van der Waals surface area contributed by atoms with E-state index in [9.17, 15) is 15.2 Å². The second kappa shape index (κ2) is 5.86. The lowest BCUT2D eigenvalue weighted by Gasteiger charge is -2.32. The van der Waals surface area contributed by atoms with Gasteiger partial charge in [0, 0.05) is 23.7 Å². The van der Waals surface area contributed by atoms with E-state index in [0.717, 1.165) is 31.1 Å². The summed E-state index contributed by atoms with van der Waals surface area (Å²) in [7, 11) is 0. The number of nitriles is 1. The molecule has 25 heavy (non-hydrogen) atoms. The van der Waals surface area contributed by atoms with E-state index in [1.807, 2.05) is 0 Å². The number of nitrogens with zero attached hydrogens (tertiary/aromatic N) is 4. The smallest absolute Gasteiger partial charge is 0.273 e.